The third kappa shape index (κ3) is 3.06. The lowest BCUT2D eigenvalue weighted by Crippen LogP contribution is -2.48. The first-order valence-corrected chi connectivity index (χ1v) is 9.81. The van der Waals surface area contributed by atoms with Crippen molar-refractivity contribution in [3.8, 4) is 0 Å². The number of carbonyl (C=O) groups excluding carboxylic acids is 1. The van der Waals surface area contributed by atoms with Gasteiger partial charge in [-0.15, -0.1) is 0 Å². The van der Waals surface area contributed by atoms with Crippen LogP contribution in [0.2, 0.25) is 0 Å². The standard InChI is InChI=1S/C18H18FN3O3S/c19-14-1-4-16(5-2-14)26(24,25)22-9-7-21(8-10-22)15-3-6-17-13(11-15)12-18(23)20-17/h1-6,11H,7-10,12H2,(H,20,23). The van der Waals surface area contributed by atoms with E-state index < -0.39 is 15.8 Å². The Morgan fingerprint density at radius 3 is 2.35 bits per heavy atom. The monoisotopic (exact) mass is 375 g/mol. The predicted octanol–water partition coefficient (Wildman–Crippen LogP) is 1.83. The summed E-state index contributed by atoms with van der Waals surface area (Å²) in [6.07, 6.45) is 0.377. The Kier molecular flexibility index (Phi) is 4.16. The molecule has 1 saturated heterocycles. The van der Waals surface area contributed by atoms with E-state index >= 15 is 0 Å². The van der Waals surface area contributed by atoms with Gasteiger partial charge >= 0.3 is 0 Å². The minimum Gasteiger partial charge on any atom is -0.369 e. The lowest BCUT2D eigenvalue weighted by molar-refractivity contribution is -0.115. The molecule has 26 heavy (non-hydrogen) atoms. The molecule has 2 aromatic rings. The SMILES string of the molecule is O=C1Cc2cc(N3CCN(S(=O)(=O)c4ccc(F)cc4)CC3)ccc2N1. The topological polar surface area (TPSA) is 69.7 Å². The number of amides is 1. The van der Waals surface area contributed by atoms with Gasteiger partial charge in [-0.2, -0.15) is 4.31 Å². The second kappa shape index (κ2) is 6.37. The molecule has 6 nitrogen and oxygen atoms in total. The predicted molar refractivity (Wildman–Crippen MR) is 96.1 cm³/mol. The average Bonchev–Trinajstić information content (AvgIpc) is 3.01. The van der Waals surface area contributed by atoms with Gasteiger partial charge in [0, 0.05) is 37.6 Å². The Balaban J connectivity index is 1.47. The Morgan fingerprint density at radius 2 is 1.65 bits per heavy atom. The molecular weight excluding hydrogens is 357 g/mol. The number of nitrogens with zero attached hydrogens (tertiary/aromatic N) is 2. The summed E-state index contributed by atoms with van der Waals surface area (Å²) in [4.78, 5) is 13.7. The van der Waals surface area contributed by atoms with Crippen molar-refractivity contribution in [3.05, 3.63) is 53.8 Å². The smallest absolute Gasteiger partial charge is 0.243 e. The Hall–Kier alpha value is -2.45. The van der Waals surface area contributed by atoms with Crippen molar-refractivity contribution in [2.75, 3.05) is 36.4 Å². The summed E-state index contributed by atoms with van der Waals surface area (Å²) in [7, 11) is -3.62. The van der Waals surface area contributed by atoms with E-state index in [2.05, 4.69) is 10.2 Å². The minimum atomic E-state index is -3.62. The van der Waals surface area contributed by atoms with E-state index in [1.807, 2.05) is 18.2 Å². The molecule has 0 aliphatic carbocycles. The Bertz CT molecular complexity index is 952. The summed E-state index contributed by atoms with van der Waals surface area (Å²) in [5, 5.41) is 2.80. The molecule has 2 aliphatic rings. The molecule has 8 heteroatoms. The largest absolute Gasteiger partial charge is 0.369 e. The molecule has 1 N–H and O–H groups in total. The molecule has 0 spiro atoms. The van der Waals surface area contributed by atoms with Gasteiger partial charge in [-0.25, -0.2) is 12.8 Å². The van der Waals surface area contributed by atoms with Gasteiger partial charge in [-0.1, -0.05) is 0 Å². The van der Waals surface area contributed by atoms with E-state index in [0.29, 0.717) is 32.6 Å². The highest BCUT2D eigenvalue weighted by atomic mass is 32.2. The summed E-state index contributed by atoms with van der Waals surface area (Å²) in [6, 6.07) is 10.7. The minimum absolute atomic E-state index is 0.00707. The number of anilines is 2. The fourth-order valence-electron chi connectivity index (χ4n) is 3.35. The highest BCUT2D eigenvalue weighted by Gasteiger charge is 2.29. The quantitative estimate of drug-likeness (QED) is 0.889. The van der Waals surface area contributed by atoms with Gasteiger partial charge in [-0.3, -0.25) is 4.79 Å². The number of rotatable bonds is 3. The molecule has 1 amide bonds. The summed E-state index contributed by atoms with van der Waals surface area (Å²) < 4.78 is 39.8. The van der Waals surface area contributed by atoms with Crippen LogP contribution in [0.3, 0.4) is 0 Å². The van der Waals surface area contributed by atoms with Crippen LogP contribution in [0.25, 0.3) is 0 Å². The number of benzene rings is 2. The fraction of sp³-hybridized carbons (Fsp3) is 0.278. The first-order valence-electron chi connectivity index (χ1n) is 8.37. The van der Waals surface area contributed by atoms with E-state index in [4.69, 9.17) is 0 Å². The maximum atomic E-state index is 13.0. The zero-order chi connectivity index (χ0) is 18.3. The van der Waals surface area contributed by atoms with Gasteiger partial charge in [0.1, 0.15) is 5.82 Å². The average molecular weight is 375 g/mol. The van der Waals surface area contributed by atoms with Gasteiger partial charge in [0.05, 0.1) is 11.3 Å². The Labute approximate surface area is 151 Å². The molecule has 0 saturated carbocycles. The molecule has 2 aromatic carbocycles. The van der Waals surface area contributed by atoms with Crippen LogP contribution in [0.4, 0.5) is 15.8 Å². The molecular formula is C18H18FN3O3S. The van der Waals surface area contributed by atoms with Crippen LogP contribution in [0.5, 0.6) is 0 Å². The van der Waals surface area contributed by atoms with E-state index in [1.54, 1.807) is 0 Å². The highest BCUT2D eigenvalue weighted by Crippen LogP contribution is 2.29. The maximum absolute atomic E-state index is 13.0. The van der Waals surface area contributed by atoms with Crippen LogP contribution in [-0.4, -0.2) is 44.8 Å². The van der Waals surface area contributed by atoms with Gasteiger partial charge in [0.25, 0.3) is 0 Å². The van der Waals surface area contributed by atoms with Crippen LogP contribution in [0.15, 0.2) is 47.4 Å². The zero-order valence-corrected chi connectivity index (χ0v) is 14.8. The molecule has 2 aliphatic heterocycles. The Morgan fingerprint density at radius 1 is 0.962 bits per heavy atom. The summed E-state index contributed by atoms with van der Waals surface area (Å²) >= 11 is 0. The zero-order valence-electron chi connectivity index (χ0n) is 14.0. The van der Waals surface area contributed by atoms with Crippen LogP contribution < -0.4 is 10.2 Å². The number of halogens is 1. The van der Waals surface area contributed by atoms with Crippen LogP contribution in [0.1, 0.15) is 5.56 Å². The van der Waals surface area contributed by atoms with Crippen molar-refractivity contribution < 1.29 is 17.6 Å². The lowest BCUT2D eigenvalue weighted by Gasteiger charge is -2.35. The molecule has 0 aromatic heterocycles. The molecule has 2 heterocycles. The van der Waals surface area contributed by atoms with E-state index in [-0.39, 0.29) is 10.8 Å². The van der Waals surface area contributed by atoms with Crippen molar-refractivity contribution in [3.63, 3.8) is 0 Å². The summed E-state index contributed by atoms with van der Waals surface area (Å²) in [6.45, 7) is 1.82. The first kappa shape index (κ1) is 17.0. The highest BCUT2D eigenvalue weighted by molar-refractivity contribution is 7.89. The van der Waals surface area contributed by atoms with E-state index in [9.17, 15) is 17.6 Å². The van der Waals surface area contributed by atoms with Crippen molar-refractivity contribution in [1.82, 2.24) is 4.31 Å². The van der Waals surface area contributed by atoms with Gasteiger partial charge in [0.15, 0.2) is 0 Å². The summed E-state index contributed by atoms with van der Waals surface area (Å²) in [5.74, 6) is -0.467. The number of sulfonamides is 1. The number of carbonyl (C=O) groups is 1. The molecule has 1 fully saturated rings. The molecule has 136 valence electrons. The van der Waals surface area contributed by atoms with Crippen LogP contribution >= 0.6 is 0 Å². The number of hydrogen-bond donors (Lipinski definition) is 1. The molecule has 0 unspecified atom stereocenters. The van der Waals surface area contributed by atoms with Crippen molar-refractivity contribution in [2.24, 2.45) is 0 Å². The third-order valence-electron chi connectivity index (χ3n) is 4.77. The van der Waals surface area contributed by atoms with Crippen molar-refractivity contribution >= 4 is 27.3 Å². The summed E-state index contributed by atoms with van der Waals surface area (Å²) in [5.41, 5.74) is 2.80. The van der Waals surface area contributed by atoms with Gasteiger partial charge in [0.2, 0.25) is 15.9 Å². The molecule has 0 radical (unpaired) electrons. The third-order valence-corrected chi connectivity index (χ3v) is 6.68. The molecule has 0 bridgehead atoms. The molecule has 4 rings (SSSR count). The molecule has 0 atom stereocenters. The number of nitrogens with one attached hydrogen (secondary N) is 1. The van der Waals surface area contributed by atoms with Gasteiger partial charge in [-0.05, 0) is 48.0 Å². The van der Waals surface area contributed by atoms with E-state index in [0.717, 1.165) is 29.1 Å². The fourth-order valence-corrected chi connectivity index (χ4v) is 4.78. The van der Waals surface area contributed by atoms with Crippen LogP contribution in [0, 0.1) is 5.82 Å². The van der Waals surface area contributed by atoms with Crippen molar-refractivity contribution in [2.45, 2.75) is 11.3 Å². The van der Waals surface area contributed by atoms with E-state index in [1.165, 1.54) is 16.4 Å². The van der Waals surface area contributed by atoms with Crippen molar-refractivity contribution in [1.29, 1.82) is 0 Å². The van der Waals surface area contributed by atoms with Gasteiger partial charge < -0.3 is 10.2 Å². The normalized spacial score (nSPS) is 17.9. The number of piperazine rings is 1. The lowest BCUT2D eigenvalue weighted by atomic mass is 10.1. The second-order valence-electron chi connectivity index (χ2n) is 6.41. The maximum Gasteiger partial charge on any atom is 0.243 e. The van der Waals surface area contributed by atoms with Crippen LogP contribution in [-0.2, 0) is 21.2 Å². The second-order valence-corrected chi connectivity index (χ2v) is 8.35. The number of hydrogen-bond acceptors (Lipinski definition) is 4. The number of fused-ring (bicyclic) bond motifs is 1. The first-order chi connectivity index (χ1) is 12.4.